The molecule has 0 heterocycles. The molecule has 1 rings (SSSR count). The van der Waals surface area contributed by atoms with E-state index in [0.717, 1.165) is 6.42 Å². The van der Waals surface area contributed by atoms with Crippen molar-refractivity contribution in [3.63, 3.8) is 0 Å². The van der Waals surface area contributed by atoms with E-state index in [1.165, 1.54) is 0 Å². The first-order chi connectivity index (χ1) is 5.64. The maximum absolute atomic E-state index is 12.0. The Kier molecular flexibility index (Phi) is 9.00. The minimum Gasteiger partial charge on any atom is -0.207 e. The van der Waals surface area contributed by atoms with Crippen molar-refractivity contribution < 1.29 is 8.78 Å². The molecule has 12 heavy (non-hydrogen) atoms. The third kappa shape index (κ3) is 5.50. The van der Waals surface area contributed by atoms with Crippen molar-refractivity contribution in [2.75, 3.05) is 0 Å². The van der Waals surface area contributed by atoms with Crippen LogP contribution in [0.15, 0.2) is 0 Å². The van der Waals surface area contributed by atoms with Crippen LogP contribution in [0.1, 0.15) is 53.9 Å². The van der Waals surface area contributed by atoms with E-state index in [1.807, 2.05) is 34.6 Å². The van der Waals surface area contributed by atoms with Gasteiger partial charge in [0.1, 0.15) is 0 Å². The second-order valence-electron chi connectivity index (χ2n) is 2.54. The van der Waals surface area contributed by atoms with Gasteiger partial charge in [-0.05, 0) is 5.92 Å². The van der Waals surface area contributed by atoms with Gasteiger partial charge >= 0.3 is 0 Å². The maximum Gasteiger partial charge on any atom is 0.248 e. The zero-order valence-electron chi connectivity index (χ0n) is 8.95. The van der Waals surface area contributed by atoms with Crippen molar-refractivity contribution in [2.45, 2.75) is 59.8 Å². The van der Waals surface area contributed by atoms with E-state index in [2.05, 4.69) is 0 Å². The number of hydrogen-bond donors (Lipinski definition) is 0. The van der Waals surface area contributed by atoms with E-state index < -0.39 is 5.92 Å². The van der Waals surface area contributed by atoms with Gasteiger partial charge in [0.15, 0.2) is 0 Å². The first-order valence-electron chi connectivity index (χ1n) is 5.02. The number of alkyl halides is 2. The van der Waals surface area contributed by atoms with Gasteiger partial charge in [-0.15, -0.1) is 0 Å². The molecule has 0 nitrogen and oxygen atoms in total. The van der Waals surface area contributed by atoms with Gasteiger partial charge < -0.3 is 0 Å². The molecule has 1 aliphatic carbocycles. The van der Waals surface area contributed by atoms with Gasteiger partial charge in [0.05, 0.1) is 0 Å². The monoisotopic (exact) mass is 180 g/mol. The Hall–Kier alpha value is -0.140. The van der Waals surface area contributed by atoms with Crippen LogP contribution in [0.2, 0.25) is 0 Å². The summed E-state index contributed by atoms with van der Waals surface area (Å²) in [4.78, 5) is 0. The normalized spacial score (nSPS) is 19.2. The third-order valence-electron chi connectivity index (χ3n) is 1.75. The van der Waals surface area contributed by atoms with Crippen molar-refractivity contribution in [1.29, 1.82) is 0 Å². The molecule has 0 unspecified atom stereocenters. The largest absolute Gasteiger partial charge is 0.248 e. The van der Waals surface area contributed by atoms with E-state index in [4.69, 9.17) is 0 Å². The average molecular weight is 180 g/mol. The molecule has 0 aromatic heterocycles. The number of rotatable bonds is 1. The first kappa shape index (κ1) is 14.4. The van der Waals surface area contributed by atoms with Crippen LogP contribution in [0.5, 0.6) is 0 Å². The molecule has 0 amide bonds. The fourth-order valence-electron chi connectivity index (χ4n) is 1.07. The molecular formula is C10H22F2. The minimum absolute atomic E-state index is 0.128. The summed E-state index contributed by atoms with van der Waals surface area (Å²) in [7, 11) is 0. The predicted octanol–water partition coefficient (Wildman–Crippen LogP) is 4.49. The van der Waals surface area contributed by atoms with E-state index in [0.29, 0.717) is 5.92 Å². The number of hydrogen-bond acceptors (Lipinski definition) is 0. The van der Waals surface area contributed by atoms with Crippen LogP contribution in [0.4, 0.5) is 8.78 Å². The molecule has 0 spiro atoms. The Balaban J connectivity index is 0. The van der Waals surface area contributed by atoms with E-state index in [1.54, 1.807) is 0 Å². The molecule has 0 N–H and O–H groups in total. The van der Waals surface area contributed by atoms with E-state index in [9.17, 15) is 8.78 Å². The molecular weight excluding hydrogens is 158 g/mol. The lowest BCUT2D eigenvalue weighted by molar-refractivity contribution is -0.110. The fourth-order valence-corrected chi connectivity index (χ4v) is 1.07. The van der Waals surface area contributed by atoms with Gasteiger partial charge in [-0.3, -0.25) is 0 Å². The van der Waals surface area contributed by atoms with Crippen LogP contribution in [0.25, 0.3) is 0 Å². The van der Waals surface area contributed by atoms with Crippen LogP contribution < -0.4 is 0 Å². The van der Waals surface area contributed by atoms with E-state index in [-0.39, 0.29) is 12.8 Å². The summed E-state index contributed by atoms with van der Waals surface area (Å²) < 4.78 is 24.0. The fraction of sp³-hybridized carbons (Fsp3) is 1.00. The second kappa shape index (κ2) is 7.51. The van der Waals surface area contributed by atoms with Crippen LogP contribution in [-0.4, -0.2) is 5.92 Å². The van der Waals surface area contributed by atoms with Crippen molar-refractivity contribution in [2.24, 2.45) is 5.92 Å². The van der Waals surface area contributed by atoms with Crippen molar-refractivity contribution in [3.8, 4) is 0 Å². The lowest BCUT2D eigenvalue weighted by Gasteiger charge is -2.33. The first-order valence-corrected chi connectivity index (χ1v) is 5.02. The Morgan fingerprint density at radius 1 is 1.08 bits per heavy atom. The molecule has 0 aromatic carbocycles. The van der Waals surface area contributed by atoms with Crippen molar-refractivity contribution in [3.05, 3.63) is 0 Å². The van der Waals surface area contributed by atoms with Gasteiger partial charge in [-0.25, -0.2) is 8.78 Å². The smallest absolute Gasteiger partial charge is 0.207 e. The molecule has 2 heteroatoms. The summed E-state index contributed by atoms with van der Waals surface area (Å²) in [6, 6.07) is 0. The SMILES string of the molecule is CC.CC.CCC1CC(F)(F)C1. The molecule has 0 aromatic rings. The molecule has 0 atom stereocenters. The molecule has 0 aliphatic heterocycles. The van der Waals surface area contributed by atoms with Gasteiger partial charge in [-0.1, -0.05) is 41.0 Å². The second-order valence-corrected chi connectivity index (χ2v) is 2.54. The van der Waals surface area contributed by atoms with Crippen LogP contribution in [0, 0.1) is 5.92 Å². The Labute approximate surface area is 75.4 Å². The van der Waals surface area contributed by atoms with Gasteiger partial charge in [0, 0.05) is 12.8 Å². The molecule has 1 saturated carbocycles. The summed E-state index contributed by atoms with van der Waals surface area (Å²) in [5, 5.41) is 0. The highest BCUT2D eigenvalue weighted by Crippen LogP contribution is 2.43. The molecule has 0 bridgehead atoms. The summed E-state index contributed by atoms with van der Waals surface area (Å²) in [5.41, 5.74) is 0. The Bertz CT molecular complexity index is 81.8. The maximum atomic E-state index is 12.0. The topological polar surface area (TPSA) is 0 Å². The minimum atomic E-state index is -2.30. The van der Waals surface area contributed by atoms with Gasteiger partial charge in [0.25, 0.3) is 0 Å². The highest BCUT2D eigenvalue weighted by Gasteiger charge is 2.43. The van der Waals surface area contributed by atoms with Crippen molar-refractivity contribution >= 4 is 0 Å². The van der Waals surface area contributed by atoms with Gasteiger partial charge in [0.2, 0.25) is 5.92 Å². The standard InChI is InChI=1S/C6H10F2.2C2H6/c1-2-5-3-6(7,8)4-5;2*1-2/h5H,2-4H2,1H3;2*1-2H3. The van der Waals surface area contributed by atoms with Gasteiger partial charge in [-0.2, -0.15) is 0 Å². The van der Waals surface area contributed by atoms with Crippen LogP contribution in [-0.2, 0) is 0 Å². The zero-order chi connectivity index (χ0) is 10.2. The molecule has 0 radical (unpaired) electrons. The third-order valence-corrected chi connectivity index (χ3v) is 1.75. The van der Waals surface area contributed by atoms with Crippen molar-refractivity contribution in [1.82, 2.24) is 0 Å². The van der Waals surface area contributed by atoms with E-state index >= 15 is 0 Å². The highest BCUT2D eigenvalue weighted by atomic mass is 19.3. The molecule has 1 aliphatic rings. The quantitative estimate of drug-likeness (QED) is 0.557. The summed E-state index contributed by atoms with van der Waals surface area (Å²) in [5.74, 6) is -1.99. The lowest BCUT2D eigenvalue weighted by Crippen LogP contribution is -2.34. The Morgan fingerprint density at radius 2 is 1.42 bits per heavy atom. The number of halogens is 2. The average Bonchev–Trinajstić information content (AvgIpc) is 2.07. The Morgan fingerprint density at radius 3 is 1.50 bits per heavy atom. The zero-order valence-corrected chi connectivity index (χ0v) is 8.95. The lowest BCUT2D eigenvalue weighted by atomic mass is 9.80. The summed E-state index contributed by atoms with van der Waals surface area (Å²) in [6.45, 7) is 9.96. The molecule has 1 fully saturated rings. The van der Waals surface area contributed by atoms with Crippen LogP contribution >= 0.6 is 0 Å². The van der Waals surface area contributed by atoms with Crippen LogP contribution in [0.3, 0.4) is 0 Å². The molecule has 0 saturated heterocycles. The summed E-state index contributed by atoms with van der Waals surface area (Å²) in [6.07, 6.45) is 1.17. The summed E-state index contributed by atoms with van der Waals surface area (Å²) >= 11 is 0. The highest BCUT2D eigenvalue weighted by molar-refractivity contribution is 4.84. The molecule has 76 valence electrons. The predicted molar refractivity (Wildman–Crippen MR) is 50.7 cm³/mol.